The van der Waals surface area contributed by atoms with Crippen LogP contribution in [0.5, 0.6) is 0 Å². The first-order valence-corrected chi connectivity index (χ1v) is 6.56. The van der Waals surface area contributed by atoms with Gasteiger partial charge in [-0.15, -0.1) is 0 Å². The van der Waals surface area contributed by atoms with Gasteiger partial charge in [0.2, 0.25) is 0 Å². The Bertz CT molecular complexity index is 837. The van der Waals surface area contributed by atoms with E-state index in [1.54, 1.807) is 24.5 Å². The van der Waals surface area contributed by atoms with Gasteiger partial charge >= 0.3 is 0 Å². The third-order valence-electron chi connectivity index (χ3n) is 3.20. The average molecular weight is 299 g/mol. The summed E-state index contributed by atoms with van der Waals surface area (Å²) in [5.74, 6) is -2.02. The molecule has 0 fully saturated rings. The van der Waals surface area contributed by atoms with Gasteiger partial charge < -0.3 is 5.32 Å². The lowest BCUT2D eigenvalue weighted by atomic mass is 10.1. The SMILES string of the molecule is O=C(NCc1ccncc1)c1nccc2cc(F)cc(F)c12. The van der Waals surface area contributed by atoms with Gasteiger partial charge in [0.25, 0.3) is 5.91 Å². The van der Waals surface area contributed by atoms with Gasteiger partial charge in [0, 0.05) is 36.6 Å². The van der Waals surface area contributed by atoms with Crippen LogP contribution in [-0.2, 0) is 6.54 Å². The molecule has 0 aliphatic carbocycles. The largest absolute Gasteiger partial charge is 0.347 e. The first kappa shape index (κ1) is 14.1. The van der Waals surface area contributed by atoms with Crippen molar-refractivity contribution in [2.75, 3.05) is 0 Å². The monoisotopic (exact) mass is 299 g/mol. The average Bonchev–Trinajstić information content (AvgIpc) is 2.52. The summed E-state index contributed by atoms with van der Waals surface area (Å²) < 4.78 is 27.2. The van der Waals surface area contributed by atoms with Crippen LogP contribution in [-0.4, -0.2) is 15.9 Å². The van der Waals surface area contributed by atoms with E-state index in [1.165, 1.54) is 18.3 Å². The van der Waals surface area contributed by atoms with E-state index in [0.717, 1.165) is 11.6 Å². The van der Waals surface area contributed by atoms with Gasteiger partial charge in [-0.1, -0.05) is 0 Å². The number of hydrogen-bond acceptors (Lipinski definition) is 3. The van der Waals surface area contributed by atoms with Crippen molar-refractivity contribution in [3.8, 4) is 0 Å². The van der Waals surface area contributed by atoms with Crippen LogP contribution >= 0.6 is 0 Å². The molecule has 2 aromatic heterocycles. The lowest BCUT2D eigenvalue weighted by Gasteiger charge is -2.08. The number of carbonyl (C=O) groups is 1. The number of fused-ring (bicyclic) bond motifs is 1. The highest BCUT2D eigenvalue weighted by Crippen LogP contribution is 2.22. The number of benzene rings is 1. The van der Waals surface area contributed by atoms with Crippen molar-refractivity contribution in [3.05, 3.63) is 71.8 Å². The smallest absolute Gasteiger partial charge is 0.270 e. The Balaban J connectivity index is 1.91. The number of nitrogens with zero attached hydrogens (tertiary/aromatic N) is 2. The minimum Gasteiger partial charge on any atom is -0.347 e. The Hall–Kier alpha value is -2.89. The molecule has 0 saturated heterocycles. The molecule has 4 nitrogen and oxygen atoms in total. The molecule has 3 aromatic rings. The van der Waals surface area contributed by atoms with E-state index in [4.69, 9.17) is 0 Å². The number of rotatable bonds is 3. The zero-order valence-electron chi connectivity index (χ0n) is 11.4. The highest BCUT2D eigenvalue weighted by atomic mass is 19.1. The minimum atomic E-state index is -0.808. The van der Waals surface area contributed by atoms with Crippen LogP contribution in [0.15, 0.2) is 48.9 Å². The quantitative estimate of drug-likeness (QED) is 0.809. The van der Waals surface area contributed by atoms with Gasteiger partial charge in [-0.3, -0.25) is 14.8 Å². The summed E-state index contributed by atoms with van der Waals surface area (Å²) in [7, 11) is 0. The maximum Gasteiger partial charge on any atom is 0.270 e. The molecule has 0 unspecified atom stereocenters. The lowest BCUT2D eigenvalue weighted by Crippen LogP contribution is -2.24. The highest BCUT2D eigenvalue weighted by Gasteiger charge is 2.15. The van der Waals surface area contributed by atoms with Gasteiger partial charge in [0.15, 0.2) is 0 Å². The number of halogens is 2. The molecule has 0 aliphatic heterocycles. The van der Waals surface area contributed by atoms with Crippen molar-refractivity contribution >= 4 is 16.7 Å². The van der Waals surface area contributed by atoms with Crippen LogP contribution in [0, 0.1) is 11.6 Å². The van der Waals surface area contributed by atoms with Crippen LogP contribution in [0.2, 0.25) is 0 Å². The van der Waals surface area contributed by atoms with Crippen molar-refractivity contribution in [1.82, 2.24) is 15.3 Å². The molecular formula is C16H11F2N3O. The molecular weight excluding hydrogens is 288 g/mol. The Morgan fingerprint density at radius 3 is 2.64 bits per heavy atom. The summed E-state index contributed by atoms with van der Waals surface area (Å²) in [6.45, 7) is 0.266. The van der Waals surface area contributed by atoms with Crippen molar-refractivity contribution in [1.29, 1.82) is 0 Å². The Morgan fingerprint density at radius 2 is 1.86 bits per heavy atom. The summed E-state index contributed by atoms with van der Waals surface area (Å²) in [6.07, 6.45) is 4.57. The zero-order chi connectivity index (χ0) is 15.5. The zero-order valence-corrected chi connectivity index (χ0v) is 11.4. The van der Waals surface area contributed by atoms with Crippen molar-refractivity contribution in [3.63, 3.8) is 0 Å². The number of hydrogen-bond donors (Lipinski definition) is 1. The third kappa shape index (κ3) is 2.76. The molecule has 1 amide bonds. The van der Waals surface area contributed by atoms with Gasteiger partial charge in [0.1, 0.15) is 17.3 Å². The summed E-state index contributed by atoms with van der Waals surface area (Å²) >= 11 is 0. The highest BCUT2D eigenvalue weighted by molar-refractivity contribution is 6.05. The number of carbonyl (C=O) groups excluding carboxylic acids is 1. The first-order chi connectivity index (χ1) is 10.6. The number of nitrogens with one attached hydrogen (secondary N) is 1. The van der Waals surface area contributed by atoms with Crippen molar-refractivity contribution < 1.29 is 13.6 Å². The van der Waals surface area contributed by atoms with E-state index in [1.807, 2.05) is 0 Å². The fourth-order valence-corrected chi connectivity index (χ4v) is 2.17. The van der Waals surface area contributed by atoms with Crippen LogP contribution in [0.3, 0.4) is 0 Å². The third-order valence-corrected chi connectivity index (χ3v) is 3.20. The predicted octanol–water partition coefficient (Wildman–Crippen LogP) is 2.84. The lowest BCUT2D eigenvalue weighted by molar-refractivity contribution is 0.0947. The Labute approximate surface area is 124 Å². The molecule has 2 heterocycles. The maximum atomic E-state index is 14.0. The molecule has 0 atom stereocenters. The summed E-state index contributed by atoms with van der Waals surface area (Å²) in [4.78, 5) is 20.0. The summed E-state index contributed by atoms with van der Waals surface area (Å²) in [6, 6.07) is 6.88. The van der Waals surface area contributed by atoms with Crippen LogP contribution in [0.1, 0.15) is 16.1 Å². The van der Waals surface area contributed by atoms with Crippen LogP contribution in [0.25, 0.3) is 10.8 Å². The van der Waals surface area contributed by atoms with E-state index in [9.17, 15) is 13.6 Å². The number of amides is 1. The molecule has 110 valence electrons. The topological polar surface area (TPSA) is 54.9 Å². The molecule has 0 saturated carbocycles. The van der Waals surface area contributed by atoms with Crippen molar-refractivity contribution in [2.45, 2.75) is 6.54 Å². The van der Waals surface area contributed by atoms with Gasteiger partial charge in [0.05, 0.1) is 0 Å². The van der Waals surface area contributed by atoms with Crippen molar-refractivity contribution in [2.24, 2.45) is 0 Å². The molecule has 6 heteroatoms. The van der Waals surface area contributed by atoms with Gasteiger partial charge in [-0.25, -0.2) is 8.78 Å². The van der Waals surface area contributed by atoms with E-state index in [2.05, 4.69) is 15.3 Å². The summed E-state index contributed by atoms with van der Waals surface area (Å²) in [5, 5.41) is 2.96. The van der Waals surface area contributed by atoms with Crippen LogP contribution in [0.4, 0.5) is 8.78 Å². The predicted molar refractivity (Wildman–Crippen MR) is 77.1 cm³/mol. The molecule has 3 rings (SSSR count). The molecule has 0 aliphatic rings. The molecule has 0 radical (unpaired) electrons. The number of pyridine rings is 2. The fourth-order valence-electron chi connectivity index (χ4n) is 2.17. The number of aromatic nitrogens is 2. The Morgan fingerprint density at radius 1 is 1.09 bits per heavy atom. The standard InChI is InChI=1S/C16H11F2N3O/c17-12-7-11-3-6-20-15(14(11)13(18)8-12)16(22)21-9-10-1-4-19-5-2-10/h1-8H,9H2,(H,21,22). The molecule has 22 heavy (non-hydrogen) atoms. The normalized spacial score (nSPS) is 10.6. The molecule has 1 aromatic carbocycles. The van der Waals surface area contributed by atoms with Gasteiger partial charge in [-0.05, 0) is 35.2 Å². The fraction of sp³-hybridized carbons (Fsp3) is 0.0625. The van der Waals surface area contributed by atoms with E-state index >= 15 is 0 Å². The second kappa shape index (κ2) is 5.85. The van der Waals surface area contributed by atoms with Crippen LogP contribution < -0.4 is 5.32 Å². The molecule has 1 N–H and O–H groups in total. The van der Waals surface area contributed by atoms with E-state index < -0.39 is 17.5 Å². The van der Waals surface area contributed by atoms with E-state index in [-0.39, 0.29) is 17.6 Å². The molecule has 0 spiro atoms. The first-order valence-electron chi connectivity index (χ1n) is 6.56. The van der Waals surface area contributed by atoms with E-state index in [0.29, 0.717) is 5.39 Å². The molecule has 0 bridgehead atoms. The second-order valence-electron chi connectivity index (χ2n) is 4.68. The second-order valence-corrected chi connectivity index (χ2v) is 4.68. The van der Waals surface area contributed by atoms with Gasteiger partial charge in [-0.2, -0.15) is 0 Å². The summed E-state index contributed by atoms with van der Waals surface area (Å²) in [5.41, 5.74) is 0.791. The maximum absolute atomic E-state index is 14.0. The minimum absolute atomic E-state index is 0.0103. The Kier molecular flexibility index (Phi) is 3.74.